The molecule has 0 bridgehead atoms. The summed E-state index contributed by atoms with van der Waals surface area (Å²) in [5.41, 5.74) is 2.32. The van der Waals surface area contributed by atoms with Crippen LogP contribution >= 0.6 is 22.9 Å². The fraction of sp³-hybridized carbons (Fsp3) is 0.308. The van der Waals surface area contributed by atoms with Gasteiger partial charge < -0.3 is 0 Å². The molecular weight excluding hydrogens is 296 g/mol. The van der Waals surface area contributed by atoms with Crippen LogP contribution in [0.4, 0.5) is 0 Å². The third-order valence-electron chi connectivity index (χ3n) is 3.21. The van der Waals surface area contributed by atoms with Crippen LogP contribution in [0.5, 0.6) is 0 Å². The molecule has 3 aromatic rings. The first-order valence-corrected chi connectivity index (χ1v) is 7.52. The summed E-state index contributed by atoms with van der Waals surface area (Å²) in [7, 11) is 0. The van der Waals surface area contributed by atoms with Gasteiger partial charge in [0, 0.05) is 6.54 Å². The quantitative estimate of drug-likeness (QED) is 0.747. The highest BCUT2D eigenvalue weighted by molar-refractivity contribution is 7.17. The van der Waals surface area contributed by atoms with Gasteiger partial charge in [0.25, 0.3) is 5.56 Å². The van der Waals surface area contributed by atoms with E-state index < -0.39 is 0 Å². The van der Waals surface area contributed by atoms with Gasteiger partial charge in [-0.05, 0) is 25.3 Å². The normalized spacial score (nSPS) is 11.3. The Hall–Kier alpha value is -1.66. The average Bonchev–Trinajstić information content (AvgIpc) is 3.01. The minimum Gasteiger partial charge on any atom is -0.292 e. The van der Waals surface area contributed by atoms with E-state index in [1.54, 1.807) is 10.9 Å². The van der Waals surface area contributed by atoms with Gasteiger partial charge in [-0.3, -0.25) is 14.0 Å². The molecule has 0 unspecified atom stereocenters. The molecule has 0 N–H and O–H groups in total. The molecule has 20 heavy (non-hydrogen) atoms. The molecule has 104 valence electrons. The van der Waals surface area contributed by atoms with Crippen molar-refractivity contribution in [1.29, 1.82) is 0 Å². The summed E-state index contributed by atoms with van der Waals surface area (Å²) in [5, 5.41) is 6.85. The molecule has 7 heteroatoms. The standard InChI is InChI=1S/C13H13ClN4OS/c1-3-18-10(11(14)8(2)16-18)6-17-7-15-9-4-5-20-12(9)13(17)19/h4-5,7H,3,6H2,1-2H3. The summed E-state index contributed by atoms with van der Waals surface area (Å²) in [4.78, 5) is 16.7. The first-order valence-electron chi connectivity index (χ1n) is 6.26. The first kappa shape index (κ1) is 13.3. The Morgan fingerprint density at radius 2 is 2.25 bits per heavy atom. The Kier molecular flexibility index (Phi) is 3.35. The van der Waals surface area contributed by atoms with Gasteiger partial charge in [0.2, 0.25) is 0 Å². The molecule has 3 heterocycles. The highest BCUT2D eigenvalue weighted by Crippen LogP contribution is 2.21. The molecule has 0 aliphatic rings. The van der Waals surface area contributed by atoms with E-state index in [0.29, 0.717) is 22.8 Å². The van der Waals surface area contributed by atoms with Crippen molar-refractivity contribution in [2.75, 3.05) is 0 Å². The molecular formula is C13H13ClN4OS. The lowest BCUT2D eigenvalue weighted by Crippen LogP contribution is -2.22. The van der Waals surface area contributed by atoms with Crippen LogP contribution in [0.2, 0.25) is 5.02 Å². The second-order valence-electron chi connectivity index (χ2n) is 4.47. The number of fused-ring (bicyclic) bond motifs is 1. The summed E-state index contributed by atoms with van der Waals surface area (Å²) in [5.74, 6) is 0. The first-order chi connectivity index (χ1) is 9.61. The molecule has 0 aromatic carbocycles. The van der Waals surface area contributed by atoms with E-state index in [4.69, 9.17) is 11.6 Å². The summed E-state index contributed by atoms with van der Waals surface area (Å²) in [6.07, 6.45) is 1.57. The number of halogens is 1. The van der Waals surface area contributed by atoms with Gasteiger partial charge >= 0.3 is 0 Å². The summed E-state index contributed by atoms with van der Waals surface area (Å²) in [6, 6.07) is 1.85. The molecule has 3 aromatic heterocycles. The average molecular weight is 309 g/mol. The summed E-state index contributed by atoms with van der Waals surface area (Å²) in [6.45, 7) is 4.96. The maximum Gasteiger partial charge on any atom is 0.271 e. The highest BCUT2D eigenvalue weighted by Gasteiger charge is 2.14. The molecule has 0 atom stereocenters. The molecule has 0 aliphatic carbocycles. The van der Waals surface area contributed by atoms with Crippen molar-refractivity contribution in [3.63, 3.8) is 0 Å². The van der Waals surface area contributed by atoms with Gasteiger partial charge in [0.05, 0.1) is 34.8 Å². The maximum atomic E-state index is 12.4. The molecule has 3 rings (SSSR count). The highest BCUT2D eigenvalue weighted by atomic mass is 35.5. The van der Waals surface area contributed by atoms with E-state index in [-0.39, 0.29) is 5.56 Å². The minimum absolute atomic E-state index is 0.0393. The Morgan fingerprint density at radius 3 is 3.00 bits per heavy atom. The molecule has 0 aliphatic heterocycles. The molecule has 0 fully saturated rings. The summed E-state index contributed by atoms with van der Waals surface area (Å²) >= 11 is 7.68. The number of hydrogen-bond acceptors (Lipinski definition) is 4. The van der Waals surface area contributed by atoms with Gasteiger partial charge in [0.15, 0.2) is 0 Å². The predicted molar refractivity (Wildman–Crippen MR) is 80.6 cm³/mol. The van der Waals surface area contributed by atoms with Gasteiger partial charge in [-0.25, -0.2) is 4.98 Å². The minimum atomic E-state index is -0.0393. The number of aryl methyl sites for hydroxylation is 2. The molecule has 5 nitrogen and oxygen atoms in total. The largest absolute Gasteiger partial charge is 0.292 e. The van der Waals surface area contributed by atoms with Crippen LogP contribution in [0.3, 0.4) is 0 Å². The lowest BCUT2D eigenvalue weighted by atomic mass is 10.3. The zero-order valence-corrected chi connectivity index (χ0v) is 12.7. The van der Waals surface area contributed by atoms with Crippen molar-refractivity contribution < 1.29 is 0 Å². The van der Waals surface area contributed by atoms with Crippen molar-refractivity contribution in [3.8, 4) is 0 Å². The fourth-order valence-corrected chi connectivity index (χ4v) is 3.16. The van der Waals surface area contributed by atoms with E-state index in [2.05, 4.69) is 10.1 Å². The van der Waals surface area contributed by atoms with Crippen molar-refractivity contribution in [2.24, 2.45) is 0 Å². The summed E-state index contributed by atoms with van der Waals surface area (Å²) < 4.78 is 4.07. The number of hydrogen-bond donors (Lipinski definition) is 0. The fourth-order valence-electron chi connectivity index (χ4n) is 2.17. The number of nitrogens with zero attached hydrogens (tertiary/aromatic N) is 4. The third kappa shape index (κ3) is 2.05. The van der Waals surface area contributed by atoms with Crippen LogP contribution < -0.4 is 5.56 Å². The zero-order valence-electron chi connectivity index (χ0n) is 11.1. The van der Waals surface area contributed by atoms with Crippen LogP contribution in [-0.4, -0.2) is 19.3 Å². The van der Waals surface area contributed by atoms with E-state index in [0.717, 1.165) is 16.9 Å². The van der Waals surface area contributed by atoms with Crippen LogP contribution in [0.1, 0.15) is 18.3 Å². The smallest absolute Gasteiger partial charge is 0.271 e. The van der Waals surface area contributed by atoms with Gasteiger partial charge in [-0.2, -0.15) is 5.10 Å². The van der Waals surface area contributed by atoms with Crippen LogP contribution in [-0.2, 0) is 13.1 Å². The lowest BCUT2D eigenvalue weighted by Gasteiger charge is -2.07. The second kappa shape index (κ2) is 5.03. The zero-order chi connectivity index (χ0) is 14.3. The van der Waals surface area contributed by atoms with Crippen molar-refractivity contribution in [1.82, 2.24) is 19.3 Å². The Morgan fingerprint density at radius 1 is 1.45 bits per heavy atom. The van der Waals surface area contributed by atoms with Crippen LogP contribution in [0.15, 0.2) is 22.6 Å². The van der Waals surface area contributed by atoms with Gasteiger partial charge in [0.1, 0.15) is 4.70 Å². The Labute approximate surface area is 124 Å². The molecule has 0 spiro atoms. The van der Waals surface area contributed by atoms with Crippen LogP contribution in [0, 0.1) is 6.92 Å². The predicted octanol–water partition coefficient (Wildman–Crippen LogP) is 2.68. The maximum absolute atomic E-state index is 12.4. The van der Waals surface area contributed by atoms with Gasteiger partial charge in [-0.15, -0.1) is 11.3 Å². The van der Waals surface area contributed by atoms with E-state index >= 15 is 0 Å². The van der Waals surface area contributed by atoms with Crippen LogP contribution in [0.25, 0.3) is 10.2 Å². The molecule has 0 amide bonds. The SMILES string of the molecule is CCn1nc(C)c(Cl)c1Cn1cnc2ccsc2c1=O. The molecule has 0 radical (unpaired) electrons. The monoisotopic (exact) mass is 308 g/mol. The lowest BCUT2D eigenvalue weighted by molar-refractivity contribution is 0.590. The van der Waals surface area contributed by atoms with Crippen molar-refractivity contribution >= 4 is 33.2 Å². The van der Waals surface area contributed by atoms with Crippen molar-refractivity contribution in [3.05, 3.63) is 44.5 Å². The number of thiophene rings is 1. The molecule has 0 saturated carbocycles. The Bertz CT molecular complexity index is 833. The second-order valence-corrected chi connectivity index (χ2v) is 5.77. The topological polar surface area (TPSA) is 52.7 Å². The van der Waals surface area contributed by atoms with Crippen molar-refractivity contribution in [2.45, 2.75) is 26.9 Å². The molecule has 0 saturated heterocycles. The Balaban J connectivity index is 2.09. The van der Waals surface area contributed by atoms with Gasteiger partial charge in [-0.1, -0.05) is 11.6 Å². The number of rotatable bonds is 3. The third-order valence-corrected chi connectivity index (χ3v) is 4.59. The number of aromatic nitrogens is 4. The van der Waals surface area contributed by atoms with E-state index in [1.807, 2.05) is 30.0 Å². The van der Waals surface area contributed by atoms with E-state index in [1.165, 1.54) is 11.3 Å². The van der Waals surface area contributed by atoms with E-state index in [9.17, 15) is 4.79 Å².